The van der Waals surface area contributed by atoms with Gasteiger partial charge in [-0.2, -0.15) is 0 Å². The van der Waals surface area contributed by atoms with Crippen LogP contribution in [-0.4, -0.2) is 55.2 Å². The molecule has 0 N–H and O–H groups in total. The molecule has 1 saturated heterocycles. The Morgan fingerprint density at radius 2 is 1.88 bits per heavy atom. The number of rotatable bonds is 6. The Morgan fingerprint density at radius 3 is 2.50 bits per heavy atom. The summed E-state index contributed by atoms with van der Waals surface area (Å²) in [5, 5.41) is 2.99. The first-order valence-corrected chi connectivity index (χ1v) is 8.92. The van der Waals surface area contributed by atoms with Crippen molar-refractivity contribution in [3.05, 3.63) is 35.8 Å². The van der Waals surface area contributed by atoms with E-state index in [0.29, 0.717) is 31.2 Å². The van der Waals surface area contributed by atoms with Gasteiger partial charge in [0.15, 0.2) is 23.2 Å². The minimum Gasteiger partial charge on any atom is -0.490 e. The average molecular weight is 347 g/mol. The SMILES string of the molecule is CCOc1ccccc1OCC(=O)N1CCN(c2nccs2)CC1. The monoisotopic (exact) mass is 347 g/mol. The third kappa shape index (κ3) is 3.97. The maximum atomic E-state index is 12.4. The van der Waals surface area contributed by atoms with Crippen molar-refractivity contribution in [2.24, 2.45) is 0 Å². The molecule has 0 aliphatic carbocycles. The fraction of sp³-hybridized carbons (Fsp3) is 0.412. The summed E-state index contributed by atoms with van der Waals surface area (Å²) in [6, 6.07) is 7.42. The molecule has 1 aliphatic heterocycles. The molecule has 0 atom stereocenters. The highest BCUT2D eigenvalue weighted by atomic mass is 32.1. The molecule has 0 radical (unpaired) electrons. The van der Waals surface area contributed by atoms with E-state index in [1.54, 1.807) is 17.5 Å². The summed E-state index contributed by atoms with van der Waals surface area (Å²) in [4.78, 5) is 20.7. The van der Waals surface area contributed by atoms with Gasteiger partial charge in [0.1, 0.15) is 0 Å². The van der Waals surface area contributed by atoms with Crippen LogP contribution in [0.25, 0.3) is 0 Å². The Balaban J connectivity index is 1.50. The molecule has 3 rings (SSSR count). The number of hydrogen-bond donors (Lipinski definition) is 0. The smallest absolute Gasteiger partial charge is 0.260 e. The lowest BCUT2D eigenvalue weighted by molar-refractivity contribution is -0.133. The largest absolute Gasteiger partial charge is 0.490 e. The molecule has 0 saturated carbocycles. The van der Waals surface area contributed by atoms with Crippen molar-refractivity contribution in [3.8, 4) is 11.5 Å². The van der Waals surface area contributed by atoms with Gasteiger partial charge in [0.2, 0.25) is 0 Å². The number of aromatic nitrogens is 1. The fourth-order valence-electron chi connectivity index (χ4n) is 2.59. The zero-order valence-electron chi connectivity index (χ0n) is 13.7. The number of carbonyl (C=O) groups is 1. The first-order valence-electron chi connectivity index (χ1n) is 8.04. The highest BCUT2D eigenvalue weighted by Crippen LogP contribution is 2.26. The van der Waals surface area contributed by atoms with Gasteiger partial charge in [-0.25, -0.2) is 4.98 Å². The van der Waals surface area contributed by atoms with E-state index in [9.17, 15) is 4.79 Å². The minimum absolute atomic E-state index is 0.0000836. The van der Waals surface area contributed by atoms with E-state index < -0.39 is 0 Å². The van der Waals surface area contributed by atoms with Crippen LogP contribution in [-0.2, 0) is 4.79 Å². The number of amides is 1. The number of para-hydroxylation sites is 2. The van der Waals surface area contributed by atoms with Crippen LogP contribution in [0.1, 0.15) is 6.92 Å². The van der Waals surface area contributed by atoms with Crippen LogP contribution in [0.3, 0.4) is 0 Å². The molecule has 0 unspecified atom stereocenters. The molecule has 1 fully saturated rings. The van der Waals surface area contributed by atoms with Crippen molar-refractivity contribution >= 4 is 22.4 Å². The van der Waals surface area contributed by atoms with Crippen LogP contribution < -0.4 is 14.4 Å². The van der Waals surface area contributed by atoms with Crippen molar-refractivity contribution in [1.29, 1.82) is 0 Å². The van der Waals surface area contributed by atoms with E-state index >= 15 is 0 Å². The Morgan fingerprint density at radius 1 is 1.17 bits per heavy atom. The number of carbonyl (C=O) groups excluding carboxylic acids is 1. The summed E-state index contributed by atoms with van der Waals surface area (Å²) in [6.45, 7) is 5.49. The van der Waals surface area contributed by atoms with Crippen molar-refractivity contribution in [3.63, 3.8) is 0 Å². The van der Waals surface area contributed by atoms with Gasteiger partial charge in [0.05, 0.1) is 6.61 Å². The lowest BCUT2D eigenvalue weighted by Crippen LogP contribution is -2.50. The molecule has 128 valence electrons. The number of hydrogen-bond acceptors (Lipinski definition) is 6. The molecule has 0 spiro atoms. The van der Waals surface area contributed by atoms with Gasteiger partial charge in [-0.15, -0.1) is 11.3 Å². The van der Waals surface area contributed by atoms with Crippen molar-refractivity contribution in [1.82, 2.24) is 9.88 Å². The normalized spacial score (nSPS) is 14.5. The van der Waals surface area contributed by atoms with Crippen LogP contribution in [0.4, 0.5) is 5.13 Å². The maximum Gasteiger partial charge on any atom is 0.260 e. The first kappa shape index (κ1) is 16.6. The van der Waals surface area contributed by atoms with Gasteiger partial charge in [0.25, 0.3) is 5.91 Å². The van der Waals surface area contributed by atoms with E-state index in [1.807, 2.05) is 41.5 Å². The van der Waals surface area contributed by atoms with E-state index in [2.05, 4.69) is 9.88 Å². The zero-order chi connectivity index (χ0) is 16.8. The Hall–Kier alpha value is -2.28. The van der Waals surface area contributed by atoms with E-state index in [1.165, 1.54) is 0 Å². The second-order valence-corrected chi connectivity index (χ2v) is 6.22. The number of nitrogens with zero attached hydrogens (tertiary/aromatic N) is 3. The lowest BCUT2D eigenvalue weighted by Gasteiger charge is -2.34. The number of anilines is 1. The van der Waals surface area contributed by atoms with Crippen LogP contribution in [0, 0.1) is 0 Å². The van der Waals surface area contributed by atoms with Crippen LogP contribution in [0.15, 0.2) is 35.8 Å². The third-order valence-electron chi connectivity index (χ3n) is 3.82. The van der Waals surface area contributed by atoms with Gasteiger partial charge < -0.3 is 19.3 Å². The van der Waals surface area contributed by atoms with Crippen LogP contribution in [0.5, 0.6) is 11.5 Å². The molecule has 1 aromatic carbocycles. The van der Waals surface area contributed by atoms with Gasteiger partial charge in [-0.1, -0.05) is 12.1 Å². The molecule has 24 heavy (non-hydrogen) atoms. The molecular weight excluding hydrogens is 326 g/mol. The molecule has 2 aromatic rings. The van der Waals surface area contributed by atoms with E-state index in [0.717, 1.165) is 18.2 Å². The average Bonchev–Trinajstić information content (AvgIpc) is 3.16. The summed E-state index contributed by atoms with van der Waals surface area (Å²) < 4.78 is 11.2. The molecule has 0 bridgehead atoms. The second kappa shape index (κ2) is 8.01. The summed E-state index contributed by atoms with van der Waals surface area (Å²) in [5.74, 6) is 1.27. The Labute approximate surface area is 145 Å². The number of benzene rings is 1. The standard InChI is InChI=1S/C17H21N3O3S/c1-2-22-14-5-3-4-6-15(14)23-13-16(21)19-8-10-20(11-9-19)17-18-7-12-24-17/h3-7,12H,2,8-11,13H2,1H3. The van der Waals surface area contributed by atoms with Crippen LogP contribution in [0.2, 0.25) is 0 Å². The fourth-order valence-corrected chi connectivity index (χ4v) is 3.29. The summed E-state index contributed by atoms with van der Waals surface area (Å²) in [7, 11) is 0. The molecule has 7 heteroatoms. The first-order chi connectivity index (χ1) is 11.8. The quantitative estimate of drug-likeness (QED) is 0.802. The Bertz CT molecular complexity index is 655. The van der Waals surface area contributed by atoms with Crippen molar-refractivity contribution in [2.45, 2.75) is 6.92 Å². The summed E-state index contributed by atoms with van der Waals surface area (Å²) in [5.41, 5.74) is 0. The van der Waals surface area contributed by atoms with E-state index in [-0.39, 0.29) is 12.5 Å². The zero-order valence-corrected chi connectivity index (χ0v) is 14.5. The second-order valence-electron chi connectivity index (χ2n) is 5.35. The van der Waals surface area contributed by atoms with E-state index in [4.69, 9.17) is 9.47 Å². The summed E-state index contributed by atoms with van der Waals surface area (Å²) in [6.07, 6.45) is 1.81. The molecule has 6 nitrogen and oxygen atoms in total. The molecule has 2 heterocycles. The van der Waals surface area contributed by atoms with Gasteiger partial charge >= 0.3 is 0 Å². The Kier molecular flexibility index (Phi) is 5.53. The predicted molar refractivity (Wildman–Crippen MR) is 94.0 cm³/mol. The third-order valence-corrected chi connectivity index (χ3v) is 4.65. The topological polar surface area (TPSA) is 54.9 Å². The highest BCUT2D eigenvalue weighted by Gasteiger charge is 2.22. The molecular formula is C17H21N3O3S. The molecule has 1 amide bonds. The van der Waals surface area contributed by atoms with Gasteiger partial charge in [-0.05, 0) is 19.1 Å². The number of thiazole rings is 1. The molecule has 1 aliphatic rings. The minimum atomic E-state index is 0.0000836. The number of piperazine rings is 1. The summed E-state index contributed by atoms with van der Waals surface area (Å²) >= 11 is 1.63. The molecule has 1 aromatic heterocycles. The lowest BCUT2D eigenvalue weighted by atomic mass is 10.3. The highest BCUT2D eigenvalue weighted by molar-refractivity contribution is 7.13. The van der Waals surface area contributed by atoms with Gasteiger partial charge in [0, 0.05) is 37.8 Å². The predicted octanol–water partition coefficient (Wildman–Crippen LogP) is 2.27. The van der Waals surface area contributed by atoms with Gasteiger partial charge in [-0.3, -0.25) is 4.79 Å². The van der Waals surface area contributed by atoms with Crippen molar-refractivity contribution < 1.29 is 14.3 Å². The van der Waals surface area contributed by atoms with Crippen molar-refractivity contribution in [2.75, 3.05) is 44.3 Å². The maximum absolute atomic E-state index is 12.4. The van der Waals surface area contributed by atoms with Crippen LogP contribution >= 0.6 is 11.3 Å². The number of ether oxygens (including phenoxy) is 2.